The number of rotatable bonds is 4. The Hall–Kier alpha value is -2.14. The number of hydrogen-bond acceptors (Lipinski definition) is 3. The van der Waals surface area contributed by atoms with Gasteiger partial charge in [-0.2, -0.15) is 0 Å². The Balaban J connectivity index is 2.19. The molecule has 0 aromatic heterocycles. The number of nitrogens with zero attached hydrogens (tertiary/aromatic N) is 1. The van der Waals surface area contributed by atoms with Crippen molar-refractivity contribution in [3.05, 3.63) is 68.5 Å². The summed E-state index contributed by atoms with van der Waals surface area (Å²) in [5.41, 5.74) is 1.67. The lowest BCUT2D eigenvalue weighted by Crippen LogP contribution is -2.04. The molecule has 0 radical (unpaired) electrons. The van der Waals surface area contributed by atoms with Gasteiger partial charge in [-0.05, 0) is 30.2 Å². The molecule has 0 aliphatic rings. The molecule has 20 heavy (non-hydrogen) atoms. The van der Waals surface area contributed by atoms with Crippen LogP contribution < -0.4 is 5.32 Å². The van der Waals surface area contributed by atoms with Crippen LogP contribution in [0.3, 0.4) is 0 Å². The maximum Gasteiger partial charge on any atom is 0.288 e. The lowest BCUT2D eigenvalue weighted by atomic mass is 10.1. The Kier molecular flexibility index (Phi) is 4.20. The van der Waals surface area contributed by atoms with Crippen LogP contribution in [0.5, 0.6) is 0 Å². The second-order valence-electron chi connectivity index (χ2n) is 4.33. The van der Waals surface area contributed by atoms with Gasteiger partial charge in [0.2, 0.25) is 0 Å². The van der Waals surface area contributed by atoms with E-state index in [9.17, 15) is 14.5 Å². The summed E-state index contributed by atoms with van der Waals surface area (Å²) in [4.78, 5) is 10.3. The Morgan fingerprint density at radius 2 is 2.10 bits per heavy atom. The minimum absolute atomic E-state index is 0.0841. The zero-order chi connectivity index (χ0) is 14.7. The molecule has 0 aliphatic heterocycles. The quantitative estimate of drug-likeness (QED) is 0.675. The standard InChI is InChI=1S/C14H12ClFN2O2/c1-9-3-2-4-12(16)14(9)17-8-10-5-6-11(15)13(7-10)18(19)20/h2-7,17H,8H2,1H3. The van der Waals surface area contributed by atoms with Crippen molar-refractivity contribution in [2.24, 2.45) is 0 Å². The van der Waals surface area contributed by atoms with Gasteiger partial charge in [0.15, 0.2) is 0 Å². The summed E-state index contributed by atoms with van der Waals surface area (Å²) >= 11 is 5.74. The van der Waals surface area contributed by atoms with Crippen LogP contribution in [-0.2, 0) is 6.54 Å². The molecule has 6 heteroatoms. The maximum absolute atomic E-state index is 13.6. The van der Waals surface area contributed by atoms with E-state index in [4.69, 9.17) is 11.6 Å². The molecule has 0 unspecified atom stereocenters. The predicted molar refractivity (Wildman–Crippen MR) is 76.6 cm³/mol. The molecule has 0 aliphatic carbocycles. The van der Waals surface area contributed by atoms with Crippen LogP contribution in [-0.4, -0.2) is 4.92 Å². The molecule has 0 spiro atoms. The van der Waals surface area contributed by atoms with Gasteiger partial charge in [0, 0.05) is 12.6 Å². The lowest BCUT2D eigenvalue weighted by Gasteiger charge is -2.10. The smallest absolute Gasteiger partial charge is 0.288 e. The number of hydrogen-bond donors (Lipinski definition) is 1. The van der Waals surface area contributed by atoms with Crippen LogP contribution in [0.1, 0.15) is 11.1 Å². The van der Waals surface area contributed by atoms with E-state index in [1.54, 1.807) is 25.1 Å². The van der Waals surface area contributed by atoms with Gasteiger partial charge in [-0.1, -0.05) is 29.8 Å². The molecule has 2 rings (SSSR count). The van der Waals surface area contributed by atoms with Gasteiger partial charge in [0.25, 0.3) is 5.69 Å². The van der Waals surface area contributed by atoms with Gasteiger partial charge in [-0.25, -0.2) is 4.39 Å². The second kappa shape index (κ2) is 5.88. The van der Waals surface area contributed by atoms with E-state index in [0.29, 0.717) is 11.3 Å². The van der Waals surface area contributed by atoms with Gasteiger partial charge in [0.05, 0.1) is 10.6 Å². The van der Waals surface area contributed by atoms with Crippen LogP contribution in [0.25, 0.3) is 0 Å². The first-order valence-corrected chi connectivity index (χ1v) is 6.28. The van der Waals surface area contributed by atoms with Gasteiger partial charge < -0.3 is 5.32 Å². The highest BCUT2D eigenvalue weighted by atomic mass is 35.5. The van der Waals surface area contributed by atoms with Gasteiger partial charge >= 0.3 is 0 Å². The summed E-state index contributed by atoms with van der Waals surface area (Å²) in [7, 11) is 0. The summed E-state index contributed by atoms with van der Waals surface area (Å²) < 4.78 is 13.6. The van der Waals surface area contributed by atoms with Gasteiger partial charge in [-0.15, -0.1) is 0 Å². The molecular formula is C14H12ClFN2O2. The summed E-state index contributed by atoms with van der Waals surface area (Å²) in [5, 5.41) is 13.8. The Bertz CT molecular complexity index is 641. The van der Waals surface area contributed by atoms with Crippen molar-refractivity contribution in [1.82, 2.24) is 0 Å². The highest BCUT2D eigenvalue weighted by Crippen LogP contribution is 2.26. The van der Waals surface area contributed by atoms with Crippen molar-refractivity contribution in [3.8, 4) is 0 Å². The number of halogens is 2. The third kappa shape index (κ3) is 3.05. The molecule has 0 bridgehead atoms. The maximum atomic E-state index is 13.6. The van der Waals surface area contributed by atoms with E-state index >= 15 is 0 Å². The number of aryl methyl sites for hydroxylation is 1. The van der Waals surface area contributed by atoms with Crippen LogP contribution in [0.4, 0.5) is 15.8 Å². The van der Waals surface area contributed by atoms with Crippen LogP contribution >= 0.6 is 11.6 Å². The van der Waals surface area contributed by atoms with Crippen LogP contribution in [0.15, 0.2) is 36.4 Å². The van der Waals surface area contributed by atoms with Gasteiger partial charge in [0.1, 0.15) is 10.8 Å². The fourth-order valence-electron chi connectivity index (χ4n) is 1.85. The summed E-state index contributed by atoms with van der Waals surface area (Å²) in [5.74, 6) is -0.353. The van der Waals surface area contributed by atoms with E-state index in [-0.39, 0.29) is 23.1 Å². The summed E-state index contributed by atoms with van der Waals surface area (Å²) in [6, 6.07) is 9.29. The molecule has 0 saturated heterocycles. The number of nitro benzene ring substituents is 1. The first-order valence-electron chi connectivity index (χ1n) is 5.91. The highest BCUT2D eigenvalue weighted by Gasteiger charge is 2.13. The van der Waals surface area contributed by atoms with Crippen molar-refractivity contribution in [1.29, 1.82) is 0 Å². The average molecular weight is 295 g/mol. The first-order chi connectivity index (χ1) is 9.49. The van der Waals surface area contributed by atoms with E-state index < -0.39 is 4.92 Å². The minimum Gasteiger partial charge on any atom is -0.378 e. The zero-order valence-corrected chi connectivity index (χ0v) is 11.4. The predicted octanol–water partition coefficient (Wildman–Crippen LogP) is 4.31. The summed E-state index contributed by atoms with van der Waals surface area (Å²) in [6.45, 7) is 2.06. The third-order valence-electron chi connectivity index (χ3n) is 2.90. The highest BCUT2D eigenvalue weighted by molar-refractivity contribution is 6.32. The molecule has 0 saturated carbocycles. The Morgan fingerprint density at radius 1 is 1.35 bits per heavy atom. The number of anilines is 1. The lowest BCUT2D eigenvalue weighted by molar-refractivity contribution is -0.384. The third-order valence-corrected chi connectivity index (χ3v) is 3.22. The Labute approximate surface area is 120 Å². The zero-order valence-electron chi connectivity index (χ0n) is 10.7. The largest absolute Gasteiger partial charge is 0.378 e. The molecule has 4 nitrogen and oxygen atoms in total. The molecule has 0 heterocycles. The minimum atomic E-state index is -0.541. The van der Waals surface area contributed by atoms with E-state index in [0.717, 1.165) is 5.56 Å². The molecule has 2 aromatic rings. The molecule has 1 N–H and O–H groups in total. The molecule has 0 amide bonds. The number of para-hydroxylation sites is 1. The molecular weight excluding hydrogens is 283 g/mol. The SMILES string of the molecule is Cc1cccc(F)c1NCc1ccc(Cl)c([N+](=O)[O-])c1. The van der Waals surface area contributed by atoms with E-state index in [2.05, 4.69) is 5.32 Å². The molecule has 0 fully saturated rings. The monoisotopic (exact) mass is 294 g/mol. The number of benzene rings is 2. The van der Waals surface area contributed by atoms with E-state index in [1.165, 1.54) is 18.2 Å². The fourth-order valence-corrected chi connectivity index (χ4v) is 2.04. The van der Waals surface area contributed by atoms with Crippen LogP contribution in [0, 0.1) is 22.9 Å². The second-order valence-corrected chi connectivity index (χ2v) is 4.74. The number of nitrogens with one attached hydrogen (secondary N) is 1. The van der Waals surface area contributed by atoms with Crippen molar-refractivity contribution in [2.45, 2.75) is 13.5 Å². The fraction of sp³-hybridized carbons (Fsp3) is 0.143. The van der Waals surface area contributed by atoms with Crippen molar-refractivity contribution in [3.63, 3.8) is 0 Å². The topological polar surface area (TPSA) is 55.2 Å². The normalized spacial score (nSPS) is 10.3. The van der Waals surface area contributed by atoms with E-state index in [1.807, 2.05) is 0 Å². The molecule has 2 aromatic carbocycles. The average Bonchev–Trinajstić information content (AvgIpc) is 2.39. The van der Waals surface area contributed by atoms with Gasteiger partial charge in [-0.3, -0.25) is 10.1 Å². The van der Waals surface area contributed by atoms with Crippen molar-refractivity contribution in [2.75, 3.05) is 5.32 Å². The Morgan fingerprint density at radius 3 is 2.75 bits per heavy atom. The molecule has 104 valence electrons. The van der Waals surface area contributed by atoms with Crippen LogP contribution in [0.2, 0.25) is 5.02 Å². The van der Waals surface area contributed by atoms with Crippen molar-refractivity contribution >= 4 is 23.0 Å². The first kappa shape index (κ1) is 14.3. The molecule has 0 atom stereocenters. The van der Waals surface area contributed by atoms with Crippen molar-refractivity contribution < 1.29 is 9.31 Å². The number of nitro groups is 1. The summed E-state index contributed by atoms with van der Waals surface area (Å²) in [6.07, 6.45) is 0.